The summed E-state index contributed by atoms with van der Waals surface area (Å²) in [5.74, 6) is 0.438. The second-order valence-electron chi connectivity index (χ2n) is 5.12. The Balaban J connectivity index is 1.52. The number of nitrogens with one attached hydrogen (secondary N) is 2. The van der Waals surface area contributed by atoms with Crippen LogP contribution >= 0.6 is 11.6 Å². The number of anilines is 2. The molecule has 1 fully saturated rings. The predicted octanol–water partition coefficient (Wildman–Crippen LogP) is 2.53. The van der Waals surface area contributed by atoms with E-state index in [0.717, 1.165) is 30.2 Å². The van der Waals surface area contributed by atoms with Crippen LogP contribution in [0.1, 0.15) is 6.42 Å². The van der Waals surface area contributed by atoms with Crippen LogP contribution in [0.3, 0.4) is 0 Å². The summed E-state index contributed by atoms with van der Waals surface area (Å²) in [5.41, 5.74) is 1.11. The van der Waals surface area contributed by atoms with Crippen molar-refractivity contribution >= 4 is 29.1 Å². The third-order valence-corrected chi connectivity index (χ3v) is 3.78. The van der Waals surface area contributed by atoms with E-state index < -0.39 is 0 Å². The normalized spacial score (nSPS) is 17.3. The molecule has 2 N–H and O–H groups in total. The largest absolute Gasteiger partial charge is 0.369 e. The van der Waals surface area contributed by atoms with Crippen molar-refractivity contribution in [2.24, 2.45) is 0 Å². The first-order valence-corrected chi connectivity index (χ1v) is 7.44. The van der Waals surface area contributed by atoms with Crippen molar-refractivity contribution in [3.8, 4) is 0 Å². The number of hydrogen-bond acceptors (Lipinski definition) is 4. The van der Waals surface area contributed by atoms with Crippen LogP contribution in [0.15, 0.2) is 42.6 Å². The van der Waals surface area contributed by atoms with E-state index in [-0.39, 0.29) is 12.1 Å². The number of urea groups is 1. The molecule has 7 heteroatoms. The minimum atomic E-state index is -0.261. The monoisotopic (exact) mass is 317 g/mol. The fourth-order valence-electron chi connectivity index (χ4n) is 2.47. The Morgan fingerprint density at radius 3 is 2.82 bits per heavy atom. The molecule has 3 rings (SSSR count). The lowest BCUT2D eigenvalue weighted by molar-refractivity contribution is 0.249. The fraction of sp³-hybridized carbons (Fsp3) is 0.267. The number of rotatable bonds is 3. The standard InChI is InChI=1S/C15H16ClN5O/c16-11-3-5-13(6-4-11)21-9-7-12(10-21)18-15(22)19-14-2-1-8-17-20-14/h1-6,8,12H,7,9-10H2,(H2,18,19,20,22)/t12-/m1/s1. The molecule has 114 valence electrons. The number of carbonyl (C=O) groups excluding carboxylic acids is 1. The van der Waals surface area contributed by atoms with Gasteiger partial charge in [0.25, 0.3) is 0 Å². The molecule has 1 aromatic heterocycles. The van der Waals surface area contributed by atoms with Gasteiger partial charge in [-0.15, -0.1) is 5.10 Å². The lowest BCUT2D eigenvalue weighted by atomic mass is 10.3. The second-order valence-corrected chi connectivity index (χ2v) is 5.55. The first kappa shape index (κ1) is 14.6. The third-order valence-electron chi connectivity index (χ3n) is 3.53. The minimum absolute atomic E-state index is 0.104. The summed E-state index contributed by atoms with van der Waals surface area (Å²) in [6, 6.07) is 11.0. The van der Waals surface area contributed by atoms with Crippen LogP contribution in [0.2, 0.25) is 5.02 Å². The van der Waals surface area contributed by atoms with E-state index in [4.69, 9.17) is 11.6 Å². The second kappa shape index (κ2) is 6.62. The lowest BCUT2D eigenvalue weighted by Crippen LogP contribution is -2.39. The van der Waals surface area contributed by atoms with E-state index in [1.807, 2.05) is 24.3 Å². The molecule has 0 unspecified atom stereocenters. The van der Waals surface area contributed by atoms with Gasteiger partial charge in [-0.2, -0.15) is 5.10 Å². The van der Waals surface area contributed by atoms with Gasteiger partial charge in [0.1, 0.15) is 0 Å². The average molecular weight is 318 g/mol. The van der Waals surface area contributed by atoms with Crippen molar-refractivity contribution in [1.29, 1.82) is 0 Å². The summed E-state index contributed by atoms with van der Waals surface area (Å²) in [4.78, 5) is 14.2. The maximum atomic E-state index is 11.9. The molecule has 1 aliphatic rings. The van der Waals surface area contributed by atoms with Crippen molar-refractivity contribution in [3.05, 3.63) is 47.6 Å². The van der Waals surface area contributed by atoms with Crippen molar-refractivity contribution in [1.82, 2.24) is 15.5 Å². The van der Waals surface area contributed by atoms with Crippen LogP contribution < -0.4 is 15.5 Å². The van der Waals surface area contributed by atoms with Gasteiger partial charge in [-0.1, -0.05) is 11.6 Å². The molecule has 2 heterocycles. The Bertz CT molecular complexity index is 634. The molecule has 6 nitrogen and oxygen atoms in total. The summed E-state index contributed by atoms with van der Waals surface area (Å²) in [6.07, 6.45) is 2.46. The third kappa shape index (κ3) is 3.65. The van der Waals surface area contributed by atoms with E-state index in [2.05, 4.69) is 25.7 Å². The van der Waals surface area contributed by atoms with E-state index in [9.17, 15) is 4.79 Å². The zero-order valence-electron chi connectivity index (χ0n) is 11.9. The summed E-state index contributed by atoms with van der Waals surface area (Å²) in [6.45, 7) is 1.67. The average Bonchev–Trinajstić information content (AvgIpc) is 2.97. The summed E-state index contributed by atoms with van der Waals surface area (Å²) in [5, 5.41) is 13.9. The quantitative estimate of drug-likeness (QED) is 0.912. The number of aromatic nitrogens is 2. The molecular weight excluding hydrogens is 302 g/mol. The van der Waals surface area contributed by atoms with Gasteiger partial charge in [0, 0.05) is 36.0 Å². The Morgan fingerprint density at radius 1 is 1.27 bits per heavy atom. The van der Waals surface area contributed by atoms with E-state index >= 15 is 0 Å². The summed E-state index contributed by atoms with van der Waals surface area (Å²) < 4.78 is 0. The molecule has 1 atom stereocenters. The molecule has 22 heavy (non-hydrogen) atoms. The highest BCUT2D eigenvalue weighted by Gasteiger charge is 2.24. The topological polar surface area (TPSA) is 70.1 Å². The van der Waals surface area contributed by atoms with Gasteiger partial charge >= 0.3 is 6.03 Å². The molecule has 1 saturated heterocycles. The molecule has 1 aliphatic heterocycles. The minimum Gasteiger partial charge on any atom is -0.369 e. The van der Waals surface area contributed by atoms with E-state index in [0.29, 0.717) is 5.82 Å². The van der Waals surface area contributed by atoms with Crippen LogP contribution in [0.4, 0.5) is 16.3 Å². The van der Waals surface area contributed by atoms with E-state index in [1.165, 1.54) is 0 Å². The number of halogens is 1. The van der Waals surface area contributed by atoms with Gasteiger partial charge in [0.2, 0.25) is 0 Å². The molecule has 2 aromatic rings. The zero-order valence-corrected chi connectivity index (χ0v) is 12.6. The van der Waals surface area contributed by atoms with Gasteiger partial charge < -0.3 is 10.2 Å². The predicted molar refractivity (Wildman–Crippen MR) is 86.3 cm³/mol. The number of carbonyl (C=O) groups is 1. The van der Waals surface area contributed by atoms with Crippen LogP contribution in [-0.4, -0.2) is 35.4 Å². The number of hydrogen-bond donors (Lipinski definition) is 2. The SMILES string of the molecule is O=C(Nc1cccnn1)N[C@@H]1CCN(c2ccc(Cl)cc2)C1. The van der Waals surface area contributed by atoms with Crippen molar-refractivity contribution in [2.45, 2.75) is 12.5 Å². The van der Waals surface area contributed by atoms with Crippen LogP contribution in [0.25, 0.3) is 0 Å². The van der Waals surface area contributed by atoms with Gasteiger partial charge in [0.05, 0.1) is 0 Å². The van der Waals surface area contributed by atoms with Gasteiger partial charge in [-0.05, 0) is 42.8 Å². The lowest BCUT2D eigenvalue weighted by Gasteiger charge is -2.19. The molecule has 0 saturated carbocycles. The van der Waals surface area contributed by atoms with Crippen molar-refractivity contribution < 1.29 is 4.79 Å². The number of nitrogens with zero attached hydrogens (tertiary/aromatic N) is 3. The molecule has 0 aliphatic carbocycles. The fourth-order valence-corrected chi connectivity index (χ4v) is 2.60. The Morgan fingerprint density at radius 2 is 2.09 bits per heavy atom. The Kier molecular flexibility index (Phi) is 4.39. The van der Waals surface area contributed by atoms with Crippen LogP contribution in [0, 0.1) is 0 Å². The summed E-state index contributed by atoms with van der Waals surface area (Å²) in [7, 11) is 0. The molecule has 0 radical (unpaired) electrons. The Hall–Kier alpha value is -2.34. The van der Waals surface area contributed by atoms with Crippen LogP contribution in [-0.2, 0) is 0 Å². The smallest absolute Gasteiger partial charge is 0.320 e. The number of benzene rings is 1. The maximum absolute atomic E-state index is 11.9. The van der Waals surface area contributed by atoms with Crippen molar-refractivity contribution in [3.63, 3.8) is 0 Å². The number of amides is 2. The molecule has 0 bridgehead atoms. The van der Waals surface area contributed by atoms with Gasteiger partial charge in [-0.25, -0.2) is 4.79 Å². The van der Waals surface area contributed by atoms with Crippen molar-refractivity contribution in [2.75, 3.05) is 23.3 Å². The molecule has 0 spiro atoms. The summed E-state index contributed by atoms with van der Waals surface area (Å²) >= 11 is 5.90. The highest BCUT2D eigenvalue weighted by atomic mass is 35.5. The molecule has 1 aromatic carbocycles. The van der Waals surface area contributed by atoms with Gasteiger partial charge in [-0.3, -0.25) is 5.32 Å². The highest BCUT2D eigenvalue weighted by molar-refractivity contribution is 6.30. The molecule has 2 amide bonds. The highest BCUT2D eigenvalue weighted by Crippen LogP contribution is 2.22. The molecular formula is C15H16ClN5O. The van der Waals surface area contributed by atoms with Crippen LogP contribution in [0.5, 0.6) is 0 Å². The maximum Gasteiger partial charge on any atom is 0.320 e. The first-order chi connectivity index (χ1) is 10.7. The zero-order chi connectivity index (χ0) is 15.4. The Labute approximate surface area is 133 Å². The first-order valence-electron chi connectivity index (χ1n) is 7.06. The van der Waals surface area contributed by atoms with Gasteiger partial charge in [0.15, 0.2) is 5.82 Å². The van der Waals surface area contributed by atoms with E-state index in [1.54, 1.807) is 18.3 Å².